The highest BCUT2D eigenvalue weighted by atomic mass is 35.5. The van der Waals surface area contributed by atoms with Crippen LogP contribution in [0.3, 0.4) is 0 Å². The largest absolute Gasteiger partial charge is 0.508 e. The van der Waals surface area contributed by atoms with Crippen LogP contribution in [0.5, 0.6) is 5.75 Å². The number of hydrogen-bond acceptors (Lipinski definition) is 9. The van der Waals surface area contributed by atoms with Crippen molar-refractivity contribution < 1.29 is 34.8 Å². The minimum absolute atomic E-state index is 0.00180. The van der Waals surface area contributed by atoms with Gasteiger partial charge in [-0.25, -0.2) is 0 Å². The summed E-state index contributed by atoms with van der Waals surface area (Å²) in [7, 11) is 3.14. The van der Waals surface area contributed by atoms with Gasteiger partial charge in [0.15, 0.2) is 11.4 Å². The molecule has 7 N–H and O–H groups in total. The maximum absolute atomic E-state index is 14.0. The Morgan fingerprint density at radius 1 is 1.16 bits per heavy atom. The number of primary amides is 1. The van der Waals surface area contributed by atoms with Crippen LogP contribution in [0, 0.1) is 28.6 Å². The number of carbonyl (C=O) groups excluding carboxylic acids is 3. The predicted octanol–water partition coefficient (Wildman–Crippen LogP) is 2.92. The summed E-state index contributed by atoms with van der Waals surface area (Å²) in [6.07, 6.45) is 3.62. The lowest BCUT2D eigenvalue weighted by molar-refractivity contribution is -0.153. The molecule has 232 valence electrons. The summed E-state index contributed by atoms with van der Waals surface area (Å²) in [5.74, 6) is -6.16. The van der Waals surface area contributed by atoms with E-state index in [1.165, 1.54) is 17.4 Å². The van der Waals surface area contributed by atoms with Crippen LogP contribution in [0.4, 0.5) is 0 Å². The van der Waals surface area contributed by atoms with Crippen molar-refractivity contribution in [3.63, 3.8) is 0 Å². The smallest absolute Gasteiger partial charge is 0.255 e. The molecule has 2 bridgehead atoms. The van der Waals surface area contributed by atoms with Gasteiger partial charge in [-0.05, 0) is 86.1 Å². The lowest BCUT2D eigenvalue weighted by atomic mass is 9.57. The van der Waals surface area contributed by atoms with E-state index in [2.05, 4.69) is 26.1 Å². The first-order valence-corrected chi connectivity index (χ1v) is 15.3. The van der Waals surface area contributed by atoms with Gasteiger partial charge in [-0.1, -0.05) is 32.4 Å². The molecule has 1 aromatic rings. The molecule has 1 aromatic carbocycles. The quantitative estimate of drug-likeness (QED) is 0.273. The first-order valence-electron chi connectivity index (χ1n) is 14.9. The average Bonchev–Trinajstić information content (AvgIpc) is 3.25. The molecule has 0 spiro atoms. The fourth-order valence-corrected chi connectivity index (χ4v) is 9.51. The first kappa shape index (κ1) is 30.1. The number of fused-ring (bicyclic) bond motifs is 5. The van der Waals surface area contributed by atoms with Crippen molar-refractivity contribution in [3.05, 3.63) is 44.7 Å². The van der Waals surface area contributed by atoms with Gasteiger partial charge in [0.2, 0.25) is 5.78 Å². The lowest BCUT2D eigenvalue weighted by Crippen LogP contribution is -2.65. The summed E-state index contributed by atoms with van der Waals surface area (Å²) < 4.78 is 0. The third-order valence-electron chi connectivity index (χ3n) is 12.1. The maximum atomic E-state index is 14.0. The zero-order valence-corrected chi connectivity index (χ0v) is 25.9. The molecule has 0 saturated heterocycles. The van der Waals surface area contributed by atoms with Crippen molar-refractivity contribution in [1.82, 2.24) is 10.2 Å². The number of nitrogens with two attached hydrogens (primary N) is 1. The van der Waals surface area contributed by atoms with E-state index in [9.17, 15) is 34.8 Å². The molecule has 6 rings (SSSR count). The van der Waals surface area contributed by atoms with Crippen molar-refractivity contribution in [3.8, 4) is 5.75 Å². The Morgan fingerprint density at radius 3 is 2.40 bits per heavy atom. The summed E-state index contributed by atoms with van der Waals surface area (Å²) in [6.45, 7) is 7.44. The Balaban J connectivity index is 1.39. The lowest BCUT2D eigenvalue weighted by Gasteiger charge is -2.50. The number of amides is 1. The second-order valence-corrected chi connectivity index (χ2v) is 14.6. The predicted molar refractivity (Wildman–Crippen MR) is 159 cm³/mol. The standard InChI is InChI=1S/C32H40ClN3O7/c1-30(2)15-6-7-31(30,3)19(11-15)35-12-14-10-18(37)21-16(23(14)33)8-13-9-17-24(36(4)5)26(39)22(29(34)42)28(41)32(17,43)27(40)20(13)25(21)38/h10,13,15,17,19,24,35,37-38,41,43H,6-9,11-12H2,1-5H3,(H2,34,42)/t13-,15?,17-,19-,24-,31?,32-/m0/s1. The van der Waals surface area contributed by atoms with E-state index in [4.69, 9.17) is 17.3 Å². The van der Waals surface area contributed by atoms with Crippen molar-refractivity contribution in [2.45, 2.75) is 77.1 Å². The van der Waals surface area contributed by atoms with Crippen LogP contribution in [-0.4, -0.2) is 74.6 Å². The molecule has 0 heterocycles. The molecule has 10 nitrogen and oxygen atoms in total. The molecule has 7 atom stereocenters. The van der Waals surface area contributed by atoms with Gasteiger partial charge in [-0.2, -0.15) is 0 Å². The Labute approximate surface area is 255 Å². The van der Waals surface area contributed by atoms with E-state index < -0.39 is 58.0 Å². The molecule has 5 aliphatic rings. The highest BCUT2D eigenvalue weighted by Gasteiger charge is 2.64. The van der Waals surface area contributed by atoms with Crippen LogP contribution in [0.15, 0.2) is 23.0 Å². The molecule has 5 aliphatic carbocycles. The number of phenols is 1. The van der Waals surface area contributed by atoms with E-state index in [1.54, 1.807) is 14.1 Å². The van der Waals surface area contributed by atoms with Crippen LogP contribution in [0.2, 0.25) is 5.02 Å². The van der Waals surface area contributed by atoms with Gasteiger partial charge in [0.1, 0.15) is 22.8 Å². The molecule has 1 amide bonds. The maximum Gasteiger partial charge on any atom is 0.255 e. The van der Waals surface area contributed by atoms with Gasteiger partial charge in [0.25, 0.3) is 5.91 Å². The first-order chi connectivity index (χ1) is 20.0. The summed E-state index contributed by atoms with van der Waals surface area (Å²) in [5, 5.41) is 49.3. The number of benzene rings is 1. The fourth-order valence-electron chi connectivity index (χ4n) is 9.22. The van der Waals surface area contributed by atoms with Crippen molar-refractivity contribution in [1.29, 1.82) is 0 Å². The number of aliphatic hydroxyl groups excluding tert-OH is 2. The molecule has 3 saturated carbocycles. The summed E-state index contributed by atoms with van der Waals surface area (Å²) >= 11 is 6.95. The van der Waals surface area contributed by atoms with Crippen LogP contribution in [0.25, 0.3) is 5.76 Å². The molecular formula is C32H40ClN3O7. The number of likely N-dealkylation sites (N-methyl/N-ethyl adjacent to an activating group) is 1. The summed E-state index contributed by atoms with van der Waals surface area (Å²) in [5.41, 5.74) is 3.19. The zero-order chi connectivity index (χ0) is 31.5. The minimum atomic E-state index is -2.67. The third-order valence-corrected chi connectivity index (χ3v) is 12.5. The van der Waals surface area contributed by atoms with Gasteiger partial charge in [0, 0.05) is 29.1 Å². The number of aliphatic hydroxyl groups is 3. The summed E-state index contributed by atoms with van der Waals surface area (Å²) in [4.78, 5) is 40.9. The highest BCUT2D eigenvalue weighted by Crippen LogP contribution is 2.65. The number of halogens is 1. The van der Waals surface area contributed by atoms with Crippen LogP contribution in [0.1, 0.15) is 63.1 Å². The van der Waals surface area contributed by atoms with Crippen LogP contribution in [-0.2, 0) is 27.3 Å². The SMILES string of the molecule is CN(C)[C@@H]1C(=O)C(C(N)=O)=C(O)[C@@]2(O)C(=O)C3=C(O)c4c(O)cc(CN[C@H]5CC6CCC5(C)C6(C)C)c(Cl)c4C[C@H]3C[C@@H]12. The Kier molecular flexibility index (Phi) is 6.68. The Morgan fingerprint density at radius 2 is 1.84 bits per heavy atom. The number of hydrogen-bond donors (Lipinski definition) is 6. The number of ketones is 2. The van der Waals surface area contributed by atoms with Gasteiger partial charge >= 0.3 is 0 Å². The van der Waals surface area contributed by atoms with E-state index in [0.717, 1.165) is 12.8 Å². The molecule has 11 heteroatoms. The van der Waals surface area contributed by atoms with Gasteiger partial charge in [-0.3, -0.25) is 19.3 Å². The van der Waals surface area contributed by atoms with Gasteiger partial charge in [-0.15, -0.1) is 0 Å². The molecule has 0 aromatic heterocycles. The van der Waals surface area contributed by atoms with E-state index in [0.29, 0.717) is 34.7 Å². The van der Waals surface area contributed by atoms with Gasteiger partial charge in [0.05, 0.1) is 11.6 Å². The molecule has 43 heavy (non-hydrogen) atoms. The van der Waals surface area contributed by atoms with E-state index >= 15 is 0 Å². The number of aromatic hydroxyl groups is 1. The Hall–Kier alpha value is -2.92. The second kappa shape index (κ2) is 9.54. The van der Waals surface area contributed by atoms with Gasteiger partial charge < -0.3 is 31.5 Å². The normalized spacial score (nSPS) is 36.2. The molecule has 3 fully saturated rings. The number of Topliss-reactive ketones (excluding diaryl/α,β-unsaturated/α-hetero) is 2. The van der Waals surface area contributed by atoms with E-state index in [-0.39, 0.29) is 40.6 Å². The van der Waals surface area contributed by atoms with Crippen molar-refractivity contribution in [2.24, 2.45) is 34.3 Å². The van der Waals surface area contributed by atoms with Crippen LogP contribution < -0.4 is 11.1 Å². The zero-order valence-electron chi connectivity index (χ0n) is 25.1. The monoisotopic (exact) mass is 613 g/mol. The highest BCUT2D eigenvalue weighted by molar-refractivity contribution is 6.32. The molecule has 2 unspecified atom stereocenters. The number of phenolic OH excluding ortho intramolecular Hbond substituents is 1. The van der Waals surface area contributed by atoms with Crippen molar-refractivity contribution in [2.75, 3.05) is 14.1 Å². The van der Waals surface area contributed by atoms with Crippen LogP contribution >= 0.6 is 11.6 Å². The molecule has 0 aliphatic heterocycles. The molecular weight excluding hydrogens is 574 g/mol. The minimum Gasteiger partial charge on any atom is -0.508 e. The molecule has 0 radical (unpaired) electrons. The number of nitrogens with zero attached hydrogens (tertiary/aromatic N) is 1. The average molecular weight is 614 g/mol. The summed E-state index contributed by atoms with van der Waals surface area (Å²) in [6, 6.07) is 0.645. The third kappa shape index (κ3) is 3.79. The fraction of sp³-hybridized carbons (Fsp3) is 0.594. The topological polar surface area (TPSA) is 173 Å². The number of carbonyl (C=O) groups is 3. The number of rotatable bonds is 5. The van der Waals surface area contributed by atoms with Crippen molar-refractivity contribution >= 4 is 34.8 Å². The van der Waals surface area contributed by atoms with E-state index in [1.807, 2.05) is 0 Å². The number of nitrogens with one attached hydrogen (secondary N) is 1. The second-order valence-electron chi connectivity index (χ2n) is 14.2. The Bertz CT molecular complexity index is 1550.